The van der Waals surface area contributed by atoms with Gasteiger partial charge in [-0.15, -0.1) is 6.58 Å². The lowest BCUT2D eigenvalue weighted by Crippen LogP contribution is -2.42. The summed E-state index contributed by atoms with van der Waals surface area (Å²) in [5.41, 5.74) is 5.64. The summed E-state index contributed by atoms with van der Waals surface area (Å²) in [6.07, 6.45) is 3.17. The third-order valence-corrected chi connectivity index (χ3v) is 6.02. The first-order chi connectivity index (χ1) is 16.2. The lowest BCUT2D eigenvalue weighted by molar-refractivity contribution is -0.147. The maximum atomic E-state index is 13.2. The molecule has 4 aromatic rings. The Bertz CT molecular complexity index is 1160. The number of fused-ring (bicyclic) bond motifs is 1. The van der Waals surface area contributed by atoms with Crippen molar-refractivity contribution in [3.05, 3.63) is 120 Å². The number of H-pyrrole nitrogens is 1. The number of nitrogens with zero attached hydrogens (tertiary/aromatic N) is 1. The van der Waals surface area contributed by atoms with Crippen LogP contribution in [0.2, 0.25) is 0 Å². The molecule has 0 saturated heterocycles. The Hall–Kier alpha value is -3.63. The van der Waals surface area contributed by atoms with Crippen molar-refractivity contribution in [3.63, 3.8) is 0 Å². The molecule has 0 aliphatic rings. The molecule has 1 N–H and O–H groups in total. The fraction of sp³-hybridized carbons (Fsp3) is 0.207. The predicted molar refractivity (Wildman–Crippen MR) is 134 cm³/mol. The molecule has 4 nitrogen and oxygen atoms in total. The monoisotopic (exact) mass is 438 g/mol. The van der Waals surface area contributed by atoms with Crippen molar-refractivity contribution in [3.8, 4) is 0 Å². The average molecular weight is 439 g/mol. The molecular weight excluding hydrogens is 408 g/mol. The number of para-hydroxylation sites is 1. The summed E-state index contributed by atoms with van der Waals surface area (Å²) in [6.45, 7) is 5.22. The summed E-state index contributed by atoms with van der Waals surface area (Å²) < 4.78 is 5.32. The van der Waals surface area contributed by atoms with Crippen molar-refractivity contribution < 1.29 is 9.53 Å². The molecule has 0 aliphatic heterocycles. The fourth-order valence-electron chi connectivity index (χ4n) is 4.41. The van der Waals surface area contributed by atoms with E-state index in [4.69, 9.17) is 4.74 Å². The van der Waals surface area contributed by atoms with Crippen molar-refractivity contribution >= 4 is 16.9 Å². The summed E-state index contributed by atoms with van der Waals surface area (Å²) in [5.74, 6) is -0.225. The number of allylic oxidation sites excluding steroid dienone is 1. The first-order valence-electron chi connectivity index (χ1n) is 11.3. The molecule has 4 heteroatoms. The lowest BCUT2D eigenvalue weighted by atomic mass is 9.98. The highest BCUT2D eigenvalue weighted by molar-refractivity contribution is 5.86. The zero-order valence-electron chi connectivity index (χ0n) is 19.0. The molecule has 3 aromatic carbocycles. The van der Waals surface area contributed by atoms with Crippen LogP contribution in [0.15, 0.2) is 97.6 Å². The average Bonchev–Trinajstić information content (AvgIpc) is 3.20. The van der Waals surface area contributed by atoms with Crippen LogP contribution in [-0.2, 0) is 35.5 Å². The second kappa shape index (κ2) is 10.8. The Labute approximate surface area is 195 Å². The molecule has 1 aromatic heterocycles. The fourth-order valence-corrected chi connectivity index (χ4v) is 4.41. The van der Waals surface area contributed by atoms with Gasteiger partial charge in [0.1, 0.15) is 6.04 Å². The van der Waals surface area contributed by atoms with E-state index in [2.05, 4.69) is 52.9 Å². The zero-order valence-corrected chi connectivity index (χ0v) is 19.0. The topological polar surface area (TPSA) is 45.3 Å². The highest BCUT2D eigenvalue weighted by Gasteiger charge is 2.29. The van der Waals surface area contributed by atoms with E-state index in [1.807, 2.05) is 54.6 Å². The molecule has 0 amide bonds. The SMILES string of the molecule is C=CCc1[nH]c2ccccc2c1C[C@@H](C(=O)OC)N(Cc1ccccc1)Cc1ccccc1. The smallest absolute Gasteiger partial charge is 0.323 e. The number of hydrogen-bond acceptors (Lipinski definition) is 3. The summed E-state index contributed by atoms with van der Waals surface area (Å²) in [6, 6.07) is 28.4. The van der Waals surface area contributed by atoms with Crippen molar-refractivity contribution in [1.82, 2.24) is 9.88 Å². The Morgan fingerprint density at radius 2 is 1.52 bits per heavy atom. The van der Waals surface area contributed by atoms with Crippen molar-refractivity contribution in [2.24, 2.45) is 0 Å². The number of rotatable bonds is 10. The van der Waals surface area contributed by atoms with Gasteiger partial charge < -0.3 is 9.72 Å². The Morgan fingerprint density at radius 3 is 2.09 bits per heavy atom. The van der Waals surface area contributed by atoms with E-state index in [0.717, 1.165) is 39.7 Å². The molecule has 0 saturated carbocycles. The molecule has 0 bridgehead atoms. The predicted octanol–water partition coefficient (Wildman–Crippen LogP) is 5.68. The van der Waals surface area contributed by atoms with Crippen LogP contribution in [0.4, 0.5) is 0 Å². The van der Waals surface area contributed by atoms with Gasteiger partial charge in [0.05, 0.1) is 7.11 Å². The van der Waals surface area contributed by atoms with Crippen LogP contribution in [0, 0.1) is 0 Å². The van der Waals surface area contributed by atoms with Crippen LogP contribution in [0.5, 0.6) is 0 Å². The normalized spacial score (nSPS) is 12.1. The number of aromatic nitrogens is 1. The third-order valence-electron chi connectivity index (χ3n) is 6.02. The van der Waals surface area contributed by atoms with Crippen molar-refractivity contribution in [2.45, 2.75) is 32.0 Å². The molecule has 1 atom stereocenters. The van der Waals surface area contributed by atoms with Gasteiger partial charge in [0.15, 0.2) is 0 Å². The largest absolute Gasteiger partial charge is 0.468 e. The maximum Gasteiger partial charge on any atom is 0.323 e. The number of nitrogens with one attached hydrogen (secondary N) is 1. The molecule has 0 fully saturated rings. The molecule has 33 heavy (non-hydrogen) atoms. The highest BCUT2D eigenvalue weighted by Crippen LogP contribution is 2.27. The third kappa shape index (κ3) is 5.41. The standard InChI is InChI=1S/C29H30N2O2/c1-3-12-26-25(24-17-10-11-18-27(24)30-26)19-28(29(32)33-2)31(20-22-13-6-4-7-14-22)21-23-15-8-5-9-16-23/h3-11,13-18,28,30H,1,12,19-21H2,2H3/t28-/m0/s1. The van der Waals surface area contributed by atoms with E-state index in [9.17, 15) is 4.79 Å². The van der Waals surface area contributed by atoms with Crippen LogP contribution >= 0.6 is 0 Å². The highest BCUT2D eigenvalue weighted by atomic mass is 16.5. The quantitative estimate of drug-likeness (QED) is 0.256. The Morgan fingerprint density at radius 1 is 0.939 bits per heavy atom. The number of carbonyl (C=O) groups is 1. The van der Waals surface area contributed by atoms with E-state index in [0.29, 0.717) is 19.5 Å². The minimum atomic E-state index is -0.432. The van der Waals surface area contributed by atoms with Crippen LogP contribution in [-0.4, -0.2) is 29.0 Å². The van der Waals surface area contributed by atoms with Gasteiger partial charge in [0.25, 0.3) is 0 Å². The molecule has 1 heterocycles. The van der Waals surface area contributed by atoms with Crippen LogP contribution < -0.4 is 0 Å². The van der Waals surface area contributed by atoms with Crippen molar-refractivity contribution in [2.75, 3.05) is 7.11 Å². The van der Waals surface area contributed by atoms with Gasteiger partial charge in [-0.3, -0.25) is 9.69 Å². The first kappa shape index (κ1) is 22.6. The van der Waals surface area contributed by atoms with Gasteiger partial charge in [0, 0.05) is 42.5 Å². The van der Waals surface area contributed by atoms with Crippen LogP contribution in [0.3, 0.4) is 0 Å². The van der Waals surface area contributed by atoms with Gasteiger partial charge >= 0.3 is 5.97 Å². The maximum absolute atomic E-state index is 13.2. The molecular formula is C29H30N2O2. The number of ether oxygens (including phenoxy) is 1. The molecule has 0 aliphatic carbocycles. The number of hydrogen-bond donors (Lipinski definition) is 1. The molecule has 0 spiro atoms. The summed E-state index contributed by atoms with van der Waals surface area (Å²) in [7, 11) is 1.47. The van der Waals surface area contributed by atoms with Crippen molar-refractivity contribution in [1.29, 1.82) is 0 Å². The van der Waals surface area contributed by atoms with Crippen LogP contribution in [0.1, 0.15) is 22.4 Å². The lowest BCUT2D eigenvalue weighted by Gasteiger charge is -2.30. The number of methoxy groups -OCH3 is 1. The van der Waals surface area contributed by atoms with E-state index in [1.165, 1.54) is 7.11 Å². The summed E-state index contributed by atoms with van der Waals surface area (Å²) in [4.78, 5) is 18.9. The van der Waals surface area contributed by atoms with Gasteiger partial charge in [-0.25, -0.2) is 0 Å². The number of aromatic amines is 1. The first-order valence-corrected chi connectivity index (χ1v) is 11.3. The van der Waals surface area contributed by atoms with E-state index in [1.54, 1.807) is 0 Å². The van der Waals surface area contributed by atoms with Gasteiger partial charge in [-0.2, -0.15) is 0 Å². The minimum absolute atomic E-state index is 0.225. The molecule has 0 radical (unpaired) electrons. The minimum Gasteiger partial charge on any atom is -0.468 e. The number of benzene rings is 3. The van der Waals surface area contributed by atoms with E-state index in [-0.39, 0.29) is 5.97 Å². The summed E-state index contributed by atoms with van der Waals surface area (Å²) >= 11 is 0. The Balaban J connectivity index is 1.74. The molecule has 0 unspecified atom stereocenters. The molecule has 4 rings (SSSR count). The van der Waals surface area contributed by atoms with E-state index < -0.39 is 6.04 Å². The van der Waals surface area contributed by atoms with E-state index >= 15 is 0 Å². The second-order valence-corrected chi connectivity index (χ2v) is 8.24. The summed E-state index contributed by atoms with van der Waals surface area (Å²) in [5, 5.41) is 1.14. The van der Waals surface area contributed by atoms with Crippen LogP contribution in [0.25, 0.3) is 10.9 Å². The Kier molecular flexibility index (Phi) is 7.38. The zero-order chi connectivity index (χ0) is 23.0. The second-order valence-electron chi connectivity index (χ2n) is 8.24. The van der Waals surface area contributed by atoms with Gasteiger partial charge in [-0.1, -0.05) is 84.9 Å². The van der Waals surface area contributed by atoms with Gasteiger partial charge in [-0.05, 0) is 22.8 Å². The number of carbonyl (C=O) groups excluding carboxylic acids is 1. The van der Waals surface area contributed by atoms with Gasteiger partial charge in [0.2, 0.25) is 0 Å². The number of esters is 1. The molecule has 168 valence electrons.